The molecule has 11 nitrogen and oxygen atoms in total. The number of hydrogen-bond donors (Lipinski definition) is 2. The minimum absolute atomic E-state index is 0.000835. The second-order valence-electron chi connectivity index (χ2n) is 3.94. The first-order valence-electron chi connectivity index (χ1n) is 5.80. The van der Waals surface area contributed by atoms with Gasteiger partial charge in [-0.3, -0.25) is 0 Å². The van der Waals surface area contributed by atoms with Gasteiger partial charge in [-0.15, -0.1) is 5.10 Å². The maximum atomic E-state index is 11.6. The summed E-state index contributed by atoms with van der Waals surface area (Å²) in [7, 11) is 2.74. The van der Waals surface area contributed by atoms with Crippen molar-refractivity contribution in [1.29, 1.82) is 0 Å². The van der Waals surface area contributed by atoms with Crippen LogP contribution >= 0.6 is 0 Å². The average Bonchev–Trinajstić information content (AvgIpc) is 2.80. The fourth-order valence-corrected chi connectivity index (χ4v) is 1.66. The van der Waals surface area contributed by atoms with Crippen molar-refractivity contribution in [3.8, 4) is 0 Å². The number of carbonyl (C=O) groups is 1. The molecule has 0 radical (unpaired) electrons. The molecule has 0 fully saturated rings. The molecule has 0 aliphatic heterocycles. The van der Waals surface area contributed by atoms with Crippen LogP contribution in [0.2, 0.25) is 0 Å². The molecule has 0 spiro atoms. The van der Waals surface area contributed by atoms with Crippen LogP contribution in [-0.4, -0.2) is 50.1 Å². The third-order valence-corrected chi connectivity index (χ3v) is 2.50. The monoisotopic (exact) mass is 294 g/mol. The van der Waals surface area contributed by atoms with Crippen LogP contribution in [0, 0.1) is 0 Å². The van der Waals surface area contributed by atoms with E-state index in [0.717, 1.165) is 0 Å². The molecule has 0 saturated heterocycles. The normalized spacial score (nSPS) is 10.6. The number of nitrogens with two attached hydrogens (primary N) is 2. The van der Waals surface area contributed by atoms with Gasteiger partial charge in [-0.2, -0.15) is 15.0 Å². The van der Waals surface area contributed by atoms with E-state index in [2.05, 4.69) is 30.0 Å². The Hall–Kier alpha value is -2.82. The third-order valence-electron chi connectivity index (χ3n) is 2.50. The first-order valence-corrected chi connectivity index (χ1v) is 5.80. The fourth-order valence-electron chi connectivity index (χ4n) is 1.66. The minimum Gasteiger partial charge on any atom is -0.464 e. The van der Waals surface area contributed by atoms with E-state index >= 15 is 0 Å². The molecule has 4 N–H and O–H groups in total. The number of esters is 1. The molecule has 2 heterocycles. The molecule has 0 unspecified atom stereocenters. The van der Waals surface area contributed by atoms with Crippen LogP contribution in [0.4, 0.5) is 11.9 Å². The van der Waals surface area contributed by atoms with E-state index < -0.39 is 5.97 Å². The Kier molecular flexibility index (Phi) is 4.23. The third kappa shape index (κ3) is 3.20. The van der Waals surface area contributed by atoms with Crippen LogP contribution in [0.3, 0.4) is 0 Å². The molecular formula is C10H14N8O3. The molecule has 21 heavy (non-hydrogen) atoms. The molecule has 0 amide bonds. The van der Waals surface area contributed by atoms with E-state index in [1.54, 1.807) is 0 Å². The van der Waals surface area contributed by atoms with Gasteiger partial charge in [0, 0.05) is 7.11 Å². The Bertz CT molecular complexity index is 635. The van der Waals surface area contributed by atoms with Crippen molar-refractivity contribution in [3.05, 3.63) is 17.2 Å². The van der Waals surface area contributed by atoms with Gasteiger partial charge in [-0.25, -0.2) is 9.48 Å². The number of nitrogen functional groups attached to an aromatic ring is 2. The standard InChI is InChI=1S/C10H14N8O3/c1-20-4-5-7(8(19)21-2)16-17-18(5)3-6-13-9(11)15-10(12)14-6/h3-4H2,1-2H3,(H4,11,12,13,14,15). The molecule has 0 aliphatic carbocycles. The highest BCUT2D eigenvalue weighted by atomic mass is 16.5. The number of rotatable bonds is 5. The van der Waals surface area contributed by atoms with Gasteiger partial charge >= 0.3 is 5.97 Å². The van der Waals surface area contributed by atoms with E-state index in [-0.39, 0.29) is 30.7 Å². The molecule has 2 rings (SSSR count). The predicted octanol–water partition coefficient (Wildman–Crippen LogP) is -1.39. The number of hydrogen-bond acceptors (Lipinski definition) is 10. The van der Waals surface area contributed by atoms with Gasteiger partial charge in [0.1, 0.15) is 6.54 Å². The summed E-state index contributed by atoms with van der Waals surface area (Å²) in [6, 6.07) is 0. The van der Waals surface area contributed by atoms with Gasteiger partial charge in [0.25, 0.3) is 0 Å². The smallest absolute Gasteiger partial charge is 0.360 e. The van der Waals surface area contributed by atoms with E-state index in [0.29, 0.717) is 11.5 Å². The second-order valence-corrected chi connectivity index (χ2v) is 3.94. The van der Waals surface area contributed by atoms with Crippen molar-refractivity contribution >= 4 is 17.9 Å². The summed E-state index contributed by atoms with van der Waals surface area (Å²) in [6.45, 7) is 0.229. The van der Waals surface area contributed by atoms with Gasteiger partial charge in [0.15, 0.2) is 11.5 Å². The Morgan fingerprint density at radius 2 is 1.86 bits per heavy atom. The molecule has 0 saturated carbocycles. The largest absolute Gasteiger partial charge is 0.464 e. The second kappa shape index (κ2) is 6.09. The Morgan fingerprint density at radius 3 is 2.43 bits per heavy atom. The fraction of sp³-hybridized carbons (Fsp3) is 0.400. The van der Waals surface area contributed by atoms with Crippen molar-refractivity contribution in [3.63, 3.8) is 0 Å². The highest BCUT2D eigenvalue weighted by Crippen LogP contribution is 2.10. The molecule has 2 aromatic heterocycles. The van der Waals surface area contributed by atoms with Gasteiger partial charge in [-0.05, 0) is 0 Å². The summed E-state index contributed by atoms with van der Waals surface area (Å²) >= 11 is 0. The molecule has 0 bridgehead atoms. The van der Waals surface area contributed by atoms with Crippen molar-refractivity contribution in [2.24, 2.45) is 0 Å². The van der Waals surface area contributed by atoms with Crippen molar-refractivity contribution in [1.82, 2.24) is 29.9 Å². The lowest BCUT2D eigenvalue weighted by atomic mass is 10.3. The summed E-state index contributed by atoms with van der Waals surface area (Å²) < 4.78 is 11.1. The van der Waals surface area contributed by atoms with Crippen LogP contribution in [-0.2, 0) is 22.6 Å². The number of ether oxygens (including phenoxy) is 2. The van der Waals surface area contributed by atoms with Crippen LogP contribution in [0.15, 0.2) is 0 Å². The lowest BCUT2D eigenvalue weighted by Gasteiger charge is -2.06. The summed E-state index contributed by atoms with van der Waals surface area (Å²) in [6.07, 6.45) is 0. The van der Waals surface area contributed by atoms with Crippen LogP contribution < -0.4 is 11.5 Å². The van der Waals surface area contributed by atoms with Gasteiger partial charge < -0.3 is 20.9 Å². The maximum Gasteiger partial charge on any atom is 0.360 e. The zero-order valence-electron chi connectivity index (χ0n) is 11.5. The van der Waals surface area contributed by atoms with E-state index in [9.17, 15) is 4.79 Å². The zero-order chi connectivity index (χ0) is 15.4. The highest BCUT2D eigenvalue weighted by molar-refractivity contribution is 5.88. The van der Waals surface area contributed by atoms with Crippen molar-refractivity contribution in [2.45, 2.75) is 13.2 Å². The van der Waals surface area contributed by atoms with Crippen LogP contribution in [0.1, 0.15) is 22.0 Å². The Balaban J connectivity index is 2.35. The van der Waals surface area contributed by atoms with E-state index in [1.165, 1.54) is 18.9 Å². The molecule has 0 aliphatic rings. The van der Waals surface area contributed by atoms with E-state index in [4.69, 9.17) is 16.2 Å². The number of methoxy groups -OCH3 is 2. The van der Waals surface area contributed by atoms with Crippen LogP contribution in [0.25, 0.3) is 0 Å². The summed E-state index contributed by atoms with van der Waals surface area (Å²) in [5.41, 5.74) is 11.5. The lowest BCUT2D eigenvalue weighted by molar-refractivity contribution is 0.0588. The number of nitrogens with zero attached hydrogens (tertiary/aromatic N) is 6. The first kappa shape index (κ1) is 14.6. The molecule has 2 aromatic rings. The van der Waals surface area contributed by atoms with Gasteiger partial charge in [-0.1, -0.05) is 5.21 Å². The van der Waals surface area contributed by atoms with E-state index in [1.807, 2.05) is 0 Å². The summed E-state index contributed by atoms with van der Waals surface area (Å²) in [5.74, 6) is -0.320. The molecule has 112 valence electrons. The van der Waals surface area contributed by atoms with Crippen molar-refractivity contribution < 1.29 is 14.3 Å². The Morgan fingerprint density at radius 1 is 1.19 bits per heavy atom. The number of anilines is 2. The first-order chi connectivity index (χ1) is 10.0. The SMILES string of the molecule is COCc1c(C(=O)OC)nnn1Cc1nc(N)nc(N)n1. The lowest BCUT2D eigenvalue weighted by Crippen LogP contribution is -2.14. The predicted molar refractivity (Wildman–Crippen MR) is 69.8 cm³/mol. The quantitative estimate of drug-likeness (QED) is 0.629. The van der Waals surface area contributed by atoms with Crippen molar-refractivity contribution in [2.75, 3.05) is 25.7 Å². The molecule has 11 heteroatoms. The zero-order valence-corrected chi connectivity index (χ0v) is 11.5. The summed E-state index contributed by atoms with van der Waals surface area (Å²) in [4.78, 5) is 23.1. The van der Waals surface area contributed by atoms with Gasteiger partial charge in [0.2, 0.25) is 11.9 Å². The number of aromatic nitrogens is 6. The number of carbonyl (C=O) groups excluding carboxylic acids is 1. The average molecular weight is 294 g/mol. The Labute approximate surface area is 119 Å². The van der Waals surface area contributed by atoms with Crippen LogP contribution in [0.5, 0.6) is 0 Å². The molecule has 0 aromatic carbocycles. The topological polar surface area (TPSA) is 157 Å². The maximum absolute atomic E-state index is 11.6. The molecular weight excluding hydrogens is 280 g/mol. The minimum atomic E-state index is -0.608. The highest BCUT2D eigenvalue weighted by Gasteiger charge is 2.21. The van der Waals surface area contributed by atoms with Gasteiger partial charge in [0.05, 0.1) is 19.4 Å². The summed E-state index contributed by atoms with van der Waals surface area (Å²) in [5, 5.41) is 7.63. The molecule has 0 atom stereocenters.